The standard InChI is InChI=1S/C13H20O3/c1-13(2,7-3-4-8-14)11-9-10(15)5-6-12(11)16/h5-6,9,14-16H,3-4,7-8H2,1-2H3. The minimum absolute atomic E-state index is 0.169. The molecule has 0 fully saturated rings. The number of hydrogen-bond acceptors (Lipinski definition) is 3. The zero-order valence-corrected chi connectivity index (χ0v) is 9.90. The number of aliphatic hydroxyl groups excluding tert-OH is 1. The van der Waals surface area contributed by atoms with Crippen molar-refractivity contribution in [3.63, 3.8) is 0 Å². The van der Waals surface area contributed by atoms with Crippen molar-refractivity contribution >= 4 is 0 Å². The van der Waals surface area contributed by atoms with Crippen molar-refractivity contribution in [3.8, 4) is 11.5 Å². The van der Waals surface area contributed by atoms with Crippen LogP contribution in [-0.2, 0) is 5.41 Å². The summed E-state index contributed by atoms with van der Waals surface area (Å²) in [5.74, 6) is 0.384. The SMILES string of the molecule is CC(C)(CCCCO)c1cc(O)ccc1O. The van der Waals surface area contributed by atoms with Crippen molar-refractivity contribution in [3.05, 3.63) is 23.8 Å². The van der Waals surface area contributed by atoms with Gasteiger partial charge in [-0.2, -0.15) is 0 Å². The van der Waals surface area contributed by atoms with Crippen LogP contribution in [0.4, 0.5) is 0 Å². The predicted octanol–water partition coefficient (Wildman–Crippen LogP) is 2.54. The molecule has 0 aromatic heterocycles. The van der Waals surface area contributed by atoms with Gasteiger partial charge in [-0.25, -0.2) is 0 Å². The summed E-state index contributed by atoms with van der Waals surface area (Å²) in [6, 6.07) is 4.59. The van der Waals surface area contributed by atoms with E-state index in [1.165, 1.54) is 12.1 Å². The number of phenolic OH excluding ortho intramolecular Hbond substituents is 2. The maximum atomic E-state index is 9.77. The first-order chi connectivity index (χ1) is 7.47. The minimum Gasteiger partial charge on any atom is -0.508 e. The molecule has 0 saturated heterocycles. The first kappa shape index (κ1) is 12.8. The molecule has 0 amide bonds. The summed E-state index contributed by atoms with van der Waals surface area (Å²) in [5.41, 5.74) is 0.559. The number of hydrogen-bond donors (Lipinski definition) is 3. The Kier molecular flexibility index (Phi) is 4.19. The lowest BCUT2D eigenvalue weighted by Gasteiger charge is -2.26. The summed E-state index contributed by atoms with van der Waals surface area (Å²) in [5, 5.41) is 27.9. The highest BCUT2D eigenvalue weighted by atomic mass is 16.3. The first-order valence-corrected chi connectivity index (χ1v) is 5.61. The molecule has 0 aliphatic carbocycles. The van der Waals surface area contributed by atoms with Crippen molar-refractivity contribution in [2.45, 2.75) is 38.5 Å². The summed E-state index contributed by atoms with van der Waals surface area (Å²) in [6.07, 6.45) is 2.53. The summed E-state index contributed by atoms with van der Waals surface area (Å²) < 4.78 is 0. The van der Waals surface area contributed by atoms with Gasteiger partial charge in [-0.05, 0) is 36.5 Å². The average Bonchev–Trinajstić information content (AvgIpc) is 2.22. The van der Waals surface area contributed by atoms with Gasteiger partial charge in [0.25, 0.3) is 0 Å². The average molecular weight is 224 g/mol. The molecule has 1 aromatic carbocycles. The first-order valence-electron chi connectivity index (χ1n) is 5.61. The van der Waals surface area contributed by atoms with Gasteiger partial charge in [0.05, 0.1) is 0 Å². The molecular weight excluding hydrogens is 204 g/mol. The number of aromatic hydroxyl groups is 2. The smallest absolute Gasteiger partial charge is 0.119 e. The van der Waals surface area contributed by atoms with E-state index in [1.54, 1.807) is 6.07 Å². The third kappa shape index (κ3) is 3.14. The van der Waals surface area contributed by atoms with E-state index >= 15 is 0 Å². The Balaban J connectivity index is 2.83. The largest absolute Gasteiger partial charge is 0.508 e. The molecule has 0 atom stereocenters. The summed E-state index contributed by atoms with van der Waals surface area (Å²) in [7, 11) is 0. The van der Waals surface area contributed by atoms with Gasteiger partial charge in [0.15, 0.2) is 0 Å². The maximum Gasteiger partial charge on any atom is 0.119 e. The number of phenols is 2. The topological polar surface area (TPSA) is 60.7 Å². The number of unbranched alkanes of at least 4 members (excludes halogenated alkanes) is 1. The van der Waals surface area contributed by atoms with Crippen LogP contribution in [0, 0.1) is 0 Å². The fourth-order valence-electron chi connectivity index (χ4n) is 1.88. The molecule has 16 heavy (non-hydrogen) atoms. The lowest BCUT2D eigenvalue weighted by Crippen LogP contribution is -2.17. The molecule has 0 spiro atoms. The normalized spacial score (nSPS) is 11.7. The van der Waals surface area contributed by atoms with E-state index in [4.69, 9.17) is 5.11 Å². The quantitative estimate of drug-likeness (QED) is 0.532. The Morgan fingerprint density at radius 2 is 1.81 bits per heavy atom. The number of aliphatic hydroxyl groups is 1. The van der Waals surface area contributed by atoms with Gasteiger partial charge in [-0.15, -0.1) is 0 Å². The summed E-state index contributed by atoms with van der Waals surface area (Å²) >= 11 is 0. The zero-order chi connectivity index (χ0) is 12.2. The summed E-state index contributed by atoms with van der Waals surface area (Å²) in [4.78, 5) is 0. The second kappa shape index (κ2) is 5.21. The molecule has 3 N–H and O–H groups in total. The third-order valence-corrected chi connectivity index (χ3v) is 2.92. The lowest BCUT2D eigenvalue weighted by molar-refractivity contribution is 0.276. The van der Waals surface area contributed by atoms with Gasteiger partial charge < -0.3 is 15.3 Å². The van der Waals surface area contributed by atoms with E-state index in [0.717, 1.165) is 24.8 Å². The fraction of sp³-hybridized carbons (Fsp3) is 0.538. The van der Waals surface area contributed by atoms with Crippen molar-refractivity contribution in [1.82, 2.24) is 0 Å². The Morgan fingerprint density at radius 3 is 2.44 bits per heavy atom. The van der Waals surface area contributed by atoms with Crippen LogP contribution in [0.1, 0.15) is 38.7 Å². The molecule has 0 saturated carbocycles. The van der Waals surface area contributed by atoms with Crippen LogP contribution in [0.5, 0.6) is 11.5 Å². The van der Waals surface area contributed by atoms with Crippen molar-refractivity contribution in [2.24, 2.45) is 0 Å². The second-order valence-corrected chi connectivity index (χ2v) is 4.77. The van der Waals surface area contributed by atoms with E-state index in [-0.39, 0.29) is 23.5 Å². The molecule has 0 radical (unpaired) electrons. The van der Waals surface area contributed by atoms with Gasteiger partial charge in [-0.1, -0.05) is 20.3 Å². The molecule has 3 heteroatoms. The molecule has 0 aliphatic rings. The van der Waals surface area contributed by atoms with Gasteiger partial charge in [0, 0.05) is 12.2 Å². The zero-order valence-electron chi connectivity index (χ0n) is 9.90. The van der Waals surface area contributed by atoms with Crippen LogP contribution in [-0.4, -0.2) is 21.9 Å². The van der Waals surface area contributed by atoms with Crippen molar-refractivity contribution in [2.75, 3.05) is 6.61 Å². The predicted molar refractivity (Wildman–Crippen MR) is 63.7 cm³/mol. The molecule has 1 rings (SSSR count). The van der Waals surface area contributed by atoms with E-state index in [1.807, 2.05) is 13.8 Å². The molecule has 0 heterocycles. The third-order valence-electron chi connectivity index (χ3n) is 2.92. The van der Waals surface area contributed by atoms with Gasteiger partial charge in [0.1, 0.15) is 11.5 Å². The molecule has 90 valence electrons. The number of rotatable bonds is 5. The Labute approximate surface area is 96.4 Å². The van der Waals surface area contributed by atoms with E-state index < -0.39 is 0 Å². The van der Waals surface area contributed by atoms with Crippen LogP contribution >= 0.6 is 0 Å². The van der Waals surface area contributed by atoms with Crippen LogP contribution in [0.2, 0.25) is 0 Å². The highest BCUT2D eigenvalue weighted by molar-refractivity contribution is 5.42. The van der Waals surface area contributed by atoms with Crippen molar-refractivity contribution < 1.29 is 15.3 Å². The lowest BCUT2D eigenvalue weighted by atomic mass is 9.79. The molecule has 0 unspecified atom stereocenters. The molecule has 1 aromatic rings. The molecule has 3 nitrogen and oxygen atoms in total. The highest BCUT2D eigenvalue weighted by Crippen LogP contribution is 2.36. The Hall–Kier alpha value is -1.22. The minimum atomic E-state index is -0.196. The van der Waals surface area contributed by atoms with Crippen LogP contribution in [0.15, 0.2) is 18.2 Å². The van der Waals surface area contributed by atoms with Gasteiger partial charge in [0.2, 0.25) is 0 Å². The van der Waals surface area contributed by atoms with Crippen molar-refractivity contribution in [1.29, 1.82) is 0 Å². The van der Waals surface area contributed by atoms with Crippen LogP contribution < -0.4 is 0 Å². The molecule has 0 aliphatic heterocycles. The maximum absolute atomic E-state index is 9.77. The summed E-state index contributed by atoms with van der Waals surface area (Å²) in [6.45, 7) is 4.25. The van der Waals surface area contributed by atoms with Crippen LogP contribution in [0.25, 0.3) is 0 Å². The molecule has 0 bridgehead atoms. The molecular formula is C13H20O3. The fourth-order valence-corrected chi connectivity index (χ4v) is 1.88. The Bertz CT molecular complexity index is 345. The number of benzene rings is 1. The highest BCUT2D eigenvalue weighted by Gasteiger charge is 2.23. The van der Waals surface area contributed by atoms with E-state index in [0.29, 0.717) is 0 Å². The van der Waals surface area contributed by atoms with E-state index in [9.17, 15) is 10.2 Å². The van der Waals surface area contributed by atoms with Crippen LogP contribution in [0.3, 0.4) is 0 Å². The van der Waals surface area contributed by atoms with E-state index in [2.05, 4.69) is 0 Å². The van der Waals surface area contributed by atoms with Gasteiger partial charge >= 0.3 is 0 Å². The Morgan fingerprint density at radius 1 is 1.12 bits per heavy atom. The second-order valence-electron chi connectivity index (χ2n) is 4.77. The van der Waals surface area contributed by atoms with Gasteiger partial charge in [-0.3, -0.25) is 0 Å². The monoisotopic (exact) mass is 224 g/mol.